The maximum Gasteiger partial charge on any atom is 0.357 e. The van der Waals surface area contributed by atoms with Gasteiger partial charge in [-0.3, -0.25) is 4.79 Å². The summed E-state index contributed by atoms with van der Waals surface area (Å²) in [4.78, 5) is 24.9. The first-order chi connectivity index (χ1) is 13.7. The number of rotatable bonds is 6. The normalized spacial score (nSPS) is 22.9. The summed E-state index contributed by atoms with van der Waals surface area (Å²) < 4.78 is 30.1. The van der Waals surface area contributed by atoms with Crippen molar-refractivity contribution < 1.29 is 22.7 Å². The van der Waals surface area contributed by atoms with E-state index in [1.165, 1.54) is 0 Å². The van der Waals surface area contributed by atoms with E-state index < -0.39 is 33.9 Å². The van der Waals surface area contributed by atoms with Crippen LogP contribution in [0, 0.1) is 0 Å². The number of carbonyl (C=O) groups excluding carboxylic acids is 2. The average Bonchev–Trinajstić information content (AvgIpc) is 3.36. The van der Waals surface area contributed by atoms with Crippen LogP contribution in [0.4, 0.5) is 0 Å². The maximum absolute atomic E-state index is 12.7. The fourth-order valence-electron chi connectivity index (χ4n) is 3.58. The van der Waals surface area contributed by atoms with E-state index in [0.29, 0.717) is 12.3 Å². The van der Waals surface area contributed by atoms with Gasteiger partial charge in [-0.2, -0.15) is 5.10 Å². The monoisotopic (exact) mass is 417 g/mol. The molecule has 0 bridgehead atoms. The predicted octanol–water partition coefficient (Wildman–Crippen LogP) is 1.60. The Morgan fingerprint density at radius 2 is 2.00 bits per heavy atom. The van der Waals surface area contributed by atoms with Gasteiger partial charge in [0.15, 0.2) is 22.1 Å². The van der Waals surface area contributed by atoms with E-state index >= 15 is 0 Å². The summed E-state index contributed by atoms with van der Waals surface area (Å²) in [6, 6.07) is 11.0. The summed E-state index contributed by atoms with van der Waals surface area (Å²) in [5, 5.41) is 7.23. The Morgan fingerprint density at radius 3 is 2.62 bits per heavy atom. The Balaban J connectivity index is 1.44. The molecular weight excluding hydrogens is 394 g/mol. The lowest BCUT2D eigenvalue weighted by Gasteiger charge is -2.23. The molecule has 2 aromatic rings. The molecule has 9 heteroatoms. The summed E-state index contributed by atoms with van der Waals surface area (Å²) in [5.74, 6) is -0.868. The second-order valence-corrected chi connectivity index (χ2v) is 10.2. The van der Waals surface area contributed by atoms with Crippen molar-refractivity contribution in [2.24, 2.45) is 0 Å². The molecule has 2 heterocycles. The highest BCUT2D eigenvalue weighted by molar-refractivity contribution is 7.91. The molecule has 8 nitrogen and oxygen atoms in total. The number of benzene rings is 1. The smallest absolute Gasteiger partial charge is 0.357 e. The number of carbonyl (C=O) groups is 2. The second-order valence-electron chi connectivity index (χ2n) is 8.00. The molecule has 1 aromatic carbocycles. The third kappa shape index (κ3) is 4.50. The fraction of sp³-hybridized carbons (Fsp3) is 0.450. The standard InChI is InChI=1S/C20H23N3O5S/c1-20(9-10-29(26,27)13-20)21-18(24)12-28-19(25)17-11-16(14-7-8-14)22-23(17)15-5-3-2-4-6-15/h2-6,11,14H,7-10,12-13H2,1H3,(H,21,24)/t20-/m0/s1. The number of hydrogen-bond acceptors (Lipinski definition) is 6. The number of esters is 1. The first kappa shape index (κ1) is 19.6. The SMILES string of the molecule is C[C@]1(NC(=O)COC(=O)c2cc(C3CC3)nn2-c2ccccc2)CCS(=O)(=O)C1. The molecule has 29 heavy (non-hydrogen) atoms. The first-order valence-corrected chi connectivity index (χ1v) is 11.4. The van der Waals surface area contributed by atoms with Crippen molar-refractivity contribution in [1.82, 2.24) is 15.1 Å². The molecule has 0 radical (unpaired) electrons. The van der Waals surface area contributed by atoms with E-state index in [1.807, 2.05) is 30.3 Å². The Kier molecular flexibility index (Phi) is 4.94. The van der Waals surface area contributed by atoms with Gasteiger partial charge >= 0.3 is 5.97 Å². The molecule has 154 valence electrons. The fourth-order valence-corrected chi connectivity index (χ4v) is 5.67. The molecule has 2 aliphatic rings. The second kappa shape index (κ2) is 7.29. The van der Waals surface area contributed by atoms with Crippen LogP contribution in [0.2, 0.25) is 0 Å². The van der Waals surface area contributed by atoms with Crippen LogP contribution in [0.5, 0.6) is 0 Å². The molecule has 1 atom stereocenters. The molecule has 1 aliphatic heterocycles. The van der Waals surface area contributed by atoms with Crippen molar-refractivity contribution >= 4 is 21.7 Å². The van der Waals surface area contributed by atoms with Crippen LogP contribution in [0.15, 0.2) is 36.4 Å². The molecule has 1 aromatic heterocycles. The summed E-state index contributed by atoms with van der Waals surface area (Å²) >= 11 is 0. The minimum Gasteiger partial charge on any atom is -0.451 e. The Morgan fingerprint density at radius 1 is 1.28 bits per heavy atom. The van der Waals surface area contributed by atoms with E-state index in [4.69, 9.17) is 4.74 Å². The molecule has 0 spiro atoms. The number of sulfone groups is 1. The Bertz CT molecular complexity index is 1040. The van der Waals surface area contributed by atoms with Crippen molar-refractivity contribution in [3.8, 4) is 5.69 Å². The molecule has 1 amide bonds. The van der Waals surface area contributed by atoms with E-state index in [9.17, 15) is 18.0 Å². The molecule has 2 fully saturated rings. The largest absolute Gasteiger partial charge is 0.451 e. The van der Waals surface area contributed by atoms with Crippen LogP contribution in [0.25, 0.3) is 5.69 Å². The quantitative estimate of drug-likeness (QED) is 0.716. The molecule has 4 rings (SSSR count). The number of nitrogens with one attached hydrogen (secondary N) is 1. The number of nitrogens with zero attached hydrogens (tertiary/aromatic N) is 2. The topological polar surface area (TPSA) is 107 Å². The highest BCUT2D eigenvalue weighted by Gasteiger charge is 2.39. The van der Waals surface area contributed by atoms with Crippen LogP contribution in [0.3, 0.4) is 0 Å². The van der Waals surface area contributed by atoms with Crippen LogP contribution < -0.4 is 5.32 Å². The van der Waals surface area contributed by atoms with Gasteiger partial charge in [0.2, 0.25) is 0 Å². The molecule has 0 unspecified atom stereocenters. The van der Waals surface area contributed by atoms with Gasteiger partial charge in [0.1, 0.15) is 0 Å². The minimum absolute atomic E-state index is 0.0454. The lowest BCUT2D eigenvalue weighted by atomic mass is 10.0. The van der Waals surface area contributed by atoms with Crippen molar-refractivity contribution in [2.45, 2.75) is 37.6 Å². The molecule has 1 saturated carbocycles. The van der Waals surface area contributed by atoms with Crippen molar-refractivity contribution in [3.05, 3.63) is 47.8 Å². The zero-order valence-electron chi connectivity index (χ0n) is 16.1. The molecular formula is C20H23N3O5S. The zero-order valence-corrected chi connectivity index (χ0v) is 16.9. The highest BCUT2D eigenvalue weighted by Crippen LogP contribution is 2.39. The number of amides is 1. The van der Waals surface area contributed by atoms with Crippen molar-refractivity contribution in [3.63, 3.8) is 0 Å². The minimum atomic E-state index is -3.14. The van der Waals surface area contributed by atoms with Gasteiger partial charge in [-0.1, -0.05) is 18.2 Å². The highest BCUT2D eigenvalue weighted by atomic mass is 32.2. The number of aromatic nitrogens is 2. The molecule has 1 N–H and O–H groups in total. The van der Waals surface area contributed by atoms with Crippen LogP contribution >= 0.6 is 0 Å². The van der Waals surface area contributed by atoms with E-state index in [-0.39, 0.29) is 17.2 Å². The average molecular weight is 417 g/mol. The van der Waals surface area contributed by atoms with E-state index in [1.54, 1.807) is 17.7 Å². The van der Waals surface area contributed by atoms with Crippen LogP contribution in [-0.2, 0) is 19.4 Å². The number of para-hydroxylation sites is 1. The van der Waals surface area contributed by atoms with Gasteiger partial charge in [-0.15, -0.1) is 0 Å². The summed E-state index contributed by atoms with van der Waals surface area (Å²) in [5.41, 5.74) is 1.02. The van der Waals surface area contributed by atoms with Gasteiger partial charge < -0.3 is 10.1 Å². The van der Waals surface area contributed by atoms with Crippen LogP contribution in [-0.4, -0.2) is 53.7 Å². The van der Waals surface area contributed by atoms with Crippen molar-refractivity contribution in [1.29, 1.82) is 0 Å². The van der Waals surface area contributed by atoms with Crippen LogP contribution in [0.1, 0.15) is 48.3 Å². The van der Waals surface area contributed by atoms with E-state index in [0.717, 1.165) is 24.2 Å². The zero-order chi connectivity index (χ0) is 20.6. The summed E-state index contributed by atoms with van der Waals surface area (Å²) in [7, 11) is -3.14. The molecule has 1 saturated heterocycles. The molecule has 1 aliphatic carbocycles. The number of hydrogen-bond donors (Lipinski definition) is 1. The third-order valence-corrected chi connectivity index (χ3v) is 7.12. The summed E-state index contributed by atoms with van der Waals surface area (Å²) in [6.45, 7) is 1.21. The lowest BCUT2D eigenvalue weighted by Crippen LogP contribution is -2.48. The van der Waals surface area contributed by atoms with Gasteiger partial charge in [0, 0.05) is 5.92 Å². The van der Waals surface area contributed by atoms with Crippen molar-refractivity contribution in [2.75, 3.05) is 18.1 Å². The van der Waals surface area contributed by atoms with Gasteiger partial charge in [-0.05, 0) is 44.4 Å². The summed E-state index contributed by atoms with van der Waals surface area (Å²) in [6.07, 6.45) is 2.44. The van der Waals surface area contributed by atoms with E-state index in [2.05, 4.69) is 10.4 Å². The third-order valence-electron chi connectivity index (χ3n) is 5.21. The maximum atomic E-state index is 12.7. The lowest BCUT2D eigenvalue weighted by molar-refractivity contribution is -0.125. The Hall–Kier alpha value is -2.68. The Labute approximate surface area is 169 Å². The van der Waals surface area contributed by atoms with Gasteiger partial charge in [-0.25, -0.2) is 17.9 Å². The predicted molar refractivity (Wildman–Crippen MR) is 106 cm³/mol. The van der Waals surface area contributed by atoms with Gasteiger partial charge in [0.05, 0.1) is 28.4 Å². The van der Waals surface area contributed by atoms with Gasteiger partial charge in [0.25, 0.3) is 5.91 Å². The first-order valence-electron chi connectivity index (χ1n) is 9.59. The number of ether oxygens (including phenoxy) is 1.